The van der Waals surface area contributed by atoms with Crippen LogP contribution in [0, 0.1) is 5.92 Å². The predicted molar refractivity (Wildman–Crippen MR) is 107 cm³/mol. The number of Topliss-reactive ketones (excluding diaryl/α,β-unsaturated/α-hetero) is 1. The van der Waals surface area contributed by atoms with Crippen LogP contribution in [0.25, 0.3) is 0 Å². The minimum Gasteiger partial charge on any atom is -0.496 e. The van der Waals surface area contributed by atoms with Gasteiger partial charge in [-0.2, -0.15) is 5.10 Å². The lowest BCUT2D eigenvalue weighted by atomic mass is 9.80. The summed E-state index contributed by atoms with van der Waals surface area (Å²) in [6, 6.07) is 4.39. The Balaban J connectivity index is 1.55. The van der Waals surface area contributed by atoms with E-state index in [0.717, 1.165) is 19.1 Å². The summed E-state index contributed by atoms with van der Waals surface area (Å²) in [6.07, 6.45) is 4.36. The van der Waals surface area contributed by atoms with Gasteiger partial charge < -0.3 is 10.1 Å². The number of hydrogen-bond acceptors (Lipinski definition) is 5. The Bertz CT molecular complexity index is 872. The number of carbonyl (C=O) groups excluding carboxylic acids is 3. The maximum absolute atomic E-state index is 12.5. The van der Waals surface area contributed by atoms with E-state index >= 15 is 0 Å². The average molecular weight is 445 g/mol. The van der Waals surface area contributed by atoms with Gasteiger partial charge in [0, 0.05) is 11.1 Å². The summed E-state index contributed by atoms with van der Waals surface area (Å²) in [5.74, 6) is -2.42. The number of ketones is 1. The van der Waals surface area contributed by atoms with E-state index in [1.165, 1.54) is 24.5 Å². The molecule has 1 heterocycles. The molecule has 0 radical (unpaired) electrons. The topological polar surface area (TPSA) is 96.9 Å². The molecule has 10 heteroatoms. The third-order valence-corrected chi connectivity index (χ3v) is 5.60. The summed E-state index contributed by atoms with van der Waals surface area (Å²) in [6.45, 7) is 0. The van der Waals surface area contributed by atoms with Gasteiger partial charge in [-0.25, -0.2) is 5.43 Å². The standard InChI is InChI=1S/C18H16Cl3N3O4/c19-10-1-4-15-12(5-10)16(25)9(8-28-15)7-22-24-18(27)17(26)23-11-2-3-13(20)14(21)6-11/h2-3,6-8,10,12,15H,1,4-5H2,(H,23,26)(H,24,27)/b22-7+. The molecular formula is C18H16Cl3N3O4. The second-order valence-corrected chi connectivity index (χ2v) is 7.84. The summed E-state index contributed by atoms with van der Waals surface area (Å²) in [4.78, 5) is 36.2. The number of allylic oxidation sites excluding steroid dienone is 1. The molecule has 0 spiro atoms. The predicted octanol–water partition coefficient (Wildman–Crippen LogP) is 3.29. The number of anilines is 1. The highest BCUT2D eigenvalue weighted by molar-refractivity contribution is 6.43. The van der Waals surface area contributed by atoms with Crippen LogP contribution in [0.5, 0.6) is 0 Å². The first kappa shape index (κ1) is 20.6. The van der Waals surface area contributed by atoms with Crippen molar-refractivity contribution in [2.24, 2.45) is 11.0 Å². The molecule has 148 valence electrons. The van der Waals surface area contributed by atoms with E-state index in [1.807, 2.05) is 0 Å². The molecule has 1 aromatic rings. The molecular weight excluding hydrogens is 429 g/mol. The number of ether oxygens (including phenoxy) is 1. The second kappa shape index (κ2) is 8.94. The van der Waals surface area contributed by atoms with Crippen molar-refractivity contribution in [3.63, 3.8) is 0 Å². The highest BCUT2D eigenvalue weighted by Crippen LogP contribution is 2.34. The molecule has 0 saturated heterocycles. The molecule has 7 nitrogen and oxygen atoms in total. The molecule has 3 atom stereocenters. The van der Waals surface area contributed by atoms with Gasteiger partial charge in [-0.05, 0) is 37.5 Å². The first-order valence-corrected chi connectivity index (χ1v) is 9.67. The number of fused-ring (bicyclic) bond motifs is 1. The monoisotopic (exact) mass is 443 g/mol. The van der Waals surface area contributed by atoms with Gasteiger partial charge in [0.25, 0.3) is 0 Å². The van der Waals surface area contributed by atoms with Crippen LogP contribution in [0.1, 0.15) is 19.3 Å². The van der Waals surface area contributed by atoms with Crippen LogP contribution >= 0.6 is 34.8 Å². The minimum absolute atomic E-state index is 0.0603. The van der Waals surface area contributed by atoms with Gasteiger partial charge in [-0.15, -0.1) is 11.6 Å². The van der Waals surface area contributed by atoms with E-state index < -0.39 is 11.8 Å². The Morgan fingerprint density at radius 1 is 1.18 bits per heavy atom. The van der Waals surface area contributed by atoms with Crippen LogP contribution in [-0.2, 0) is 19.1 Å². The van der Waals surface area contributed by atoms with Crippen LogP contribution in [0.3, 0.4) is 0 Å². The van der Waals surface area contributed by atoms with Gasteiger partial charge in [0.15, 0.2) is 5.78 Å². The number of benzene rings is 1. The molecule has 2 amide bonds. The smallest absolute Gasteiger partial charge is 0.329 e. The van der Waals surface area contributed by atoms with Gasteiger partial charge >= 0.3 is 11.8 Å². The fourth-order valence-corrected chi connectivity index (χ4v) is 3.65. The Morgan fingerprint density at radius 3 is 2.71 bits per heavy atom. The molecule has 2 N–H and O–H groups in total. The van der Waals surface area contributed by atoms with Crippen LogP contribution in [0.4, 0.5) is 5.69 Å². The maximum Gasteiger partial charge on any atom is 0.329 e. The van der Waals surface area contributed by atoms with Gasteiger partial charge in [-0.1, -0.05) is 23.2 Å². The minimum atomic E-state index is -1.01. The lowest BCUT2D eigenvalue weighted by molar-refractivity contribution is -0.136. The zero-order valence-electron chi connectivity index (χ0n) is 14.5. The zero-order valence-corrected chi connectivity index (χ0v) is 16.7. The molecule has 28 heavy (non-hydrogen) atoms. The fourth-order valence-electron chi connectivity index (χ4n) is 3.03. The van der Waals surface area contributed by atoms with Crippen molar-refractivity contribution in [1.29, 1.82) is 0 Å². The summed E-state index contributed by atoms with van der Waals surface area (Å²) in [7, 11) is 0. The Labute approximate surface area is 176 Å². The largest absolute Gasteiger partial charge is 0.496 e. The third kappa shape index (κ3) is 4.84. The first-order chi connectivity index (χ1) is 13.3. The van der Waals surface area contributed by atoms with Crippen molar-refractivity contribution >= 4 is 64.3 Å². The van der Waals surface area contributed by atoms with Crippen molar-refractivity contribution < 1.29 is 19.1 Å². The number of rotatable bonds is 3. The SMILES string of the molecule is O=C(N/N=C/C1=COC2CCC(Cl)CC2C1=O)C(=O)Nc1ccc(Cl)c(Cl)c1. The molecule has 1 aliphatic heterocycles. The molecule has 2 aliphatic rings. The normalized spacial score (nSPS) is 24.2. The summed E-state index contributed by atoms with van der Waals surface area (Å²) in [5, 5.41) is 6.52. The maximum atomic E-state index is 12.5. The summed E-state index contributed by atoms with van der Waals surface area (Å²) in [5.41, 5.74) is 2.57. The summed E-state index contributed by atoms with van der Waals surface area (Å²) < 4.78 is 5.57. The number of carbonyl (C=O) groups is 3. The van der Waals surface area contributed by atoms with Crippen LogP contribution in [-0.4, -0.2) is 35.3 Å². The molecule has 1 fully saturated rings. The number of nitrogens with zero attached hydrogens (tertiary/aromatic N) is 1. The van der Waals surface area contributed by atoms with Gasteiger partial charge in [0.05, 0.1) is 34.0 Å². The number of amides is 2. The quantitative estimate of drug-likeness (QED) is 0.323. The third-order valence-electron chi connectivity index (χ3n) is 4.47. The summed E-state index contributed by atoms with van der Waals surface area (Å²) >= 11 is 17.8. The van der Waals surface area contributed by atoms with Crippen molar-refractivity contribution in [1.82, 2.24) is 5.43 Å². The van der Waals surface area contributed by atoms with E-state index in [4.69, 9.17) is 39.5 Å². The first-order valence-electron chi connectivity index (χ1n) is 8.48. The van der Waals surface area contributed by atoms with Gasteiger partial charge in [0.1, 0.15) is 6.10 Å². The van der Waals surface area contributed by atoms with E-state index in [9.17, 15) is 14.4 Å². The molecule has 1 saturated carbocycles. The molecule has 0 bridgehead atoms. The number of nitrogens with one attached hydrogen (secondary N) is 2. The fraction of sp³-hybridized carbons (Fsp3) is 0.333. The van der Waals surface area contributed by atoms with Gasteiger partial charge in [-0.3, -0.25) is 14.4 Å². The number of hydrazone groups is 1. The number of hydrogen-bond donors (Lipinski definition) is 2. The average Bonchev–Trinajstić information content (AvgIpc) is 2.66. The van der Waals surface area contributed by atoms with E-state index in [-0.39, 0.29) is 33.8 Å². The molecule has 3 unspecified atom stereocenters. The number of halogens is 3. The van der Waals surface area contributed by atoms with E-state index in [0.29, 0.717) is 17.1 Å². The van der Waals surface area contributed by atoms with Crippen LogP contribution < -0.4 is 10.7 Å². The Morgan fingerprint density at radius 2 is 1.96 bits per heavy atom. The van der Waals surface area contributed by atoms with Crippen molar-refractivity contribution in [2.75, 3.05) is 5.32 Å². The van der Waals surface area contributed by atoms with Crippen molar-refractivity contribution in [3.8, 4) is 0 Å². The molecule has 1 aromatic carbocycles. The molecule has 0 aromatic heterocycles. The Kier molecular flexibility index (Phi) is 6.59. The number of alkyl halides is 1. The van der Waals surface area contributed by atoms with Crippen molar-refractivity contribution in [3.05, 3.63) is 40.1 Å². The second-order valence-electron chi connectivity index (χ2n) is 6.41. The van der Waals surface area contributed by atoms with Crippen molar-refractivity contribution in [2.45, 2.75) is 30.7 Å². The highest BCUT2D eigenvalue weighted by atomic mass is 35.5. The van der Waals surface area contributed by atoms with E-state index in [1.54, 1.807) is 0 Å². The van der Waals surface area contributed by atoms with E-state index in [2.05, 4.69) is 15.8 Å². The van der Waals surface area contributed by atoms with Crippen LogP contribution in [0.15, 0.2) is 35.1 Å². The lowest BCUT2D eigenvalue weighted by Crippen LogP contribution is -2.40. The molecule has 3 rings (SSSR count). The van der Waals surface area contributed by atoms with Gasteiger partial charge in [0.2, 0.25) is 0 Å². The van der Waals surface area contributed by atoms with Crippen LogP contribution in [0.2, 0.25) is 10.0 Å². The molecule has 1 aliphatic carbocycles. The highest BCUT2D eigenvalue weighted by Gasteiger charge is 2.39. The Hall–Kier alpha value is -2.09. The zero-order chi connectivity index (χ0) is 20.3. The lowest BCUT2D eigenvalue weighted by Gasteiger charge is -2.35.